The minimum Gasteiger partial charge on any atom is -0.488 e. The Labute approximate surface area is 355 Å². The molecule has 0 saturated carbocycles. The average molecular weight is 857 g/mol. The molecule has 0 unspecified atom stereocenters. The van der Waals surface area contributed by atoms with E-state index in [-0.39, 0.29) is 30.0 Å². The van der Waals surface area contributed by atoms with Crippen LogP contribution in [0.15, 0.2) is 48.7 Å². The van der Waals surface area contributed by atoms with Crippen molar-refractivity contribution in [3.8, 4) is 28.1 Å². The number of carbonyl (C=O) groups excluding carboxylic acids is 3. The molecule has 0 bridgehead atoms. The number of fused-ring (bicyclic) bond motifs is 6. The van der Waals surface area contributed by atoms with E-state index in [1.807, 2.05) is 52.0 Å². The van der Waals surface area contributed by atoms with Crippen LogP contribution in [0.2, 0.25) is 0 Å². The molecular formula is C44H50F2N8O8. The molecule has 5 heterocycles. The van der Waals surface area contributed by atoms with Gasteiger partial charge in [0.25, 0.3) is 0 Å². The van der Waals surface area contributed by atoms with Gasteiger partial charge in [-0.2, -0.15) is 8.78 Å². The summed E-state index contributed by atoms with van der Waals surface area (Å²) in [7, 11) is 1.12. The van der Waals surface area contributed by atoms with E-state index in [0.717, 1.165) is 57.8 Å². The Morgan fingerprint density at radius 1 is 0.871 bits per heavy atom. The standard InChI is InChI=1S/C44H50F2N8O8/c1-20(2)35(51-43(57)58)40(55)53-21(3)7-13-32(53)38-47-18-31(49-38)25-9-11-27-26(15-25)19-61-34-17-28-24(16-29(27)34)10-12-30-37(28)50-39(48-30)33-14-8-22(4)54(33)41(56)36(52-44(59)60-6)23(5)62-42(45)46/h9-12,15-18,20-23,32-33,35-36,42,51H,7-8,13-14,19H2,1-6H3,(H,47,49)(H,48,50)(H,52,59)(H,57,58)/t21-,22-,23+,32-,33-,35-,36-/m0/s1. The molecule has 16 nitrogen and oxygen atoms in total. The van der Waals surface area contributed by atoms with Crippen molar-refractivity contribution in [3.05, 3.63) is 65.9 Å². The second-order valence-corrected chi connectivity index (χ2v) is 16.8. The molecule has 7 atom stereocenters. The smallest absolute Gasteiger partial charge is 0.407 e. The van der Waals surface area contributed by atoms with Gasteiger partial charge in [-0.05, 0) is 98.7 Å². The van der Waals surface area contributed by atoms with E-state index >= 15 is 0 Å². The van der Waals surface area contributed by atoms with Gasteiger partial charge in [0, 0.05) is 23.0 Å². The highest BCUT2D eigenvalue weighted by molar-refractivity contribution is 6.07. The molecule has 5 aromatic rings. The molecule has 62 heavy (non-hydrogen) atoms. The van der Waals surface area contributed by atoms with E-state index in [0.29, 0.717) is 48.8 Å². The lowest BCUT2D eigenvalue weighted by molar-refractivity contribution is -0.172. The number of imidazole rings is 2. The fraction of sp³-hybridized carbons (Fsp3) is 0.455. The van der Waals surface area contributed by atoms with Crippen molar-refractivity contribution >= 4 is 45.8 Å². The van der Waals surface area contributed by atoms with E-state index in [2.05, 4.69) is 48.3 Å². The van der Waals surface area contributed by atoms with Gasteiger partial charge in [-0.25, -0.2) is 19.6 Å². The van der Waals surface area contributed by atoms with Crippen LogP contribution in [-0.2, 0) is 25.7 Å². The van der Waals surface area contributed by atoms with Crippen LogP contribution in [0.25, 0.3) is 44.2 Å². The van der Waals surface area contributed by atoms with Crippen molar-refractivity contribution in [2.24, 2.45) is 5.92 Å². The average Bonchev–Trinajstić information content (AvgIpc) is 4.06. The number of aromatic nitrogens is 4. The number of hydrogen-bond acceptors (Lipinski definition) is 9. The Balaban J connectivity index is 1.05. The van der Waals surface area contributed by atoms with Gasteiger partial charge in [0.1, 0.15) is 36.1 Å². The lowest BCUT2D eigenvalue weighted by Gasteiger charge is -2.33. The van der Waals surface area contributed by atoms with E-state index in [4.69, 9.17) is 14.7 Å². The van der Waals surface area contributed by atoms with Crippen LogP contribution >= 0.6 is 0 Å². The largest absolute Gasteiger partial charge is 0.488 e. The highest BCUT2D eigenvalue weighted by atomic mass is 19.3. The number of rotatable bonds is 11. The Kier molecular flexibility index (Phi) is 11.5. The molecule has 18 heteroatoms. The Bertz CT molecular complexity index is 2540. The van der Waals surface area contributed by atoms with Crippen molar-refractivity contribution < 1.29 is 47.3 Å². The normalized spacial score (nSPS) is 21.1. The maximum Gasteiger partial charge on any atom is 0.407 e. The third kappa shape index (κ3) is 7.87. The summed E-state index contributed by atoms with van der Waals surface area (Å²) in [5.41, 5.74) is 6.02. The van der Waals surface area contributed by atoms with Crippen LogP contribution in [0.5, 0.6) is 5.75 Å². The monoisotopic (exact) mass is 856 g/mol. The summed E-state index contributed by atoms with van der Waals surface area (Å²) in [6.07, 6.45) is 0.872. The van der Waals surface area contributed by atoms with Crippen molar-refractivity contribution in [2.45, 2.75) is 116 Å². The van der Waals surface area contributed by atoms with E-state index in [9.17, 15) is 33.1 Å². The molecule has 3 aliphatic rings. The first-order valence-electron chi connectivity index (χ1n) is 20.8. The number of carbonyl (C=O) groups is 4. The number of methoxy groups -OCH3 is 1. The summed E-state index contributed by atoms with van der Waals surface area (Å²) >= 11 is 0. The number of hydrogen-bond donors (Lipinski definition) is 5. The summed E-state index contributed by atoms with van der Waals surface area (Å²) in [5.74, 6) is 0.782. The number of ether oxygens (including phenoxy) is 3. The third-order valence-corrected chi connectivity index (χ3v) is 12.5. The molecule has 5 N–H and O–H groups in total. The SMILES string of the molecule is COC(=O)N[C@H](C(=O)N1[C@@H](C)CC[C@H]1c1nc2ccc3cc4c(cc3c2[nH]1)OCc1cc(-c2cnc([C@@H]3CC[C@H](C)N3C(=O)[C@@H](NC(=O)O)C(C)C)[nH]2)ccc1-4)[C@@H](C)OC(F)F. The number of nitrogens with one attached hydrogen (secondary N) is 4. The molecular weight excluding hydrogens is 807 g/mol. The summed E-state index contributed by atoms with van der Waals surface area (Å²) < 4.78 is 42.2. The first-order valence-corrected chi connectivity index (χ1v) is 20.8. The van der Waals surface area contributed by atoms with Crippen LogP contribution in [0.1, 0.15) is 89.6 Å². The first kappa shape index (κ1) is 42.4. The number of halogens is 2. The summed E-state index contributed by atoms with van der Waals surface area (Å²) in [4.78, 5) is 71.2. The van der Waals surface area contributed by atoms with Crippen LogP contribution in [0, 0.1) is 5.92 Å². The minimum absolute atomic E-state index is 0.0803. The number of H-pyrrole nitrogens is 2. The van der Waals surface area contributed by atoms with E-state index in [1.54, 1.807) is 16.0 Å². The topological polar surface area (TPSA) is 204 Å². The fourth-order valence-electron chi connectivity index (χ4n) is 9.31. The molecule has 4 amide bonds. The highest BCUT2D eigenvalue weighted by Crippen LogP contribution is 2.44. The van der Waals surface area contributed by atoms with Crippen LogP contribution in [0.3, 0.4) is 0 Å². The number of aromatic amines is 2. The Morgan fingerprint density at radius 3 is 2.23 bits per heavy atom. The molecule has 0 aliphatic carbocycles. The molecule has 0 radical (unpaired) electrons. The van der Waals surface area contributed by atoms with Gasteiger partial charge in [0.15, 0.2) is 0 Å². The van der Waals surface area contributed by atoms with Gasteiger partial charge in [-0.15, -0.1) is 0 Å². The number of alkyl carbamates (subject to hydrolysis) is 1. The van der Waals surface area contributed by atoms with Crippen molar-refractivity contribution in [2.75, 3.05) is 7.11 Å². The van der Waals surface area contributed by atoms with E-state index in [1.165, 1.54) is 6.92 Å². The Morgan fingerprint density at radius 2 is 1.56 bits per heavy atom. The predicted molar refractivity (Wildman–Crippen MR) is 223 cm³/mol. The van der Waals surface area contributed by atoms with Gasteiger partial charge in [0.2, 0.25) is 11.8 Å². The lowest BCUT2D eigenvalue weighted by Crippen LogP contribution is -2.55. The molecule has 2 saturated heterocycles. The Hall–Kier alpha value is -6.30. The van der Waals surface area contributed by atoms with Crippen molar-refractivity contribution in [3.63, 3.8) is 0 Å². The molecule has 0 spiro atoms. The molecule has 2 fully saturated rings. The van der Waals surface area contributed by atoms with Crippen LogP contribution in [-0.4, -0.2) is 103 Å². The van der Waals surface area contributed by atoms with Gasteiger partial charge in [-0.1, -0.05) is 32.0 Å². The number of amides is 4. The van der Waals surface area contributed by atoms with Crippen LogP contribution < -0.4 is 15.4 Å². The summed E-state index contributed by atoms with van der Waals surface area (Å²) in [6, 6.07) is 10.6. The van der Waals surface area contributed by atoms with Gasteiger partial charge in [0.05, 0.1) is 48.2 Å². The number of likely N-dealkylation sites (tertiary alicyclic amines) is 2. The predicted octanol–water partition coefficient (Wildman–Crippen LogP) is 7.41. The maximum absolute atomic E-state index is 14.0. The second kappa shape index (κ2) is 16.9. The number of alkyl halides is 2. The summed E-state index contributed by atoms with van der Waals surface area (Å²) in [5, 5.41) is 16.0. The zero-order chi connectivity index (χ0) is 44.1. The maximum atomic E-state index is 14.0. The lowest BCUT2D eigenvalue weighted by atomic mass is 9.92. The third-order valence-electron chi connectivity index (χ3n) is 12.5. The van der Waals surface area contributed by atoms with Crippen molar-refractivity contribution in [1.82, 2.24) is 40.4 Å². The fourth-order valence-corrected chi connectivity index (χ4v) is 9.31. The molecule has 2 aromatic heterocycles. The number of benzene rings is 3. The zero-order valence-corrected chi connectivity index (χ0v) is 35.2. The minimum atomic E-state index is -3.15. The molecule has 328 valence electrons. The number of nitrogens with zero attached hydrogens (tertiary/aromatic N) is 4. The summed E-state index contributed by atoms with van der Waals surface area (Å²) in [6.45, 7) is 5.94. The quantitative estimate of drug-likeness (QED) is 0.0890. The first-order chi connectivity index (χ1) is 29.6. The van der Waals surface area contributed by atoms with Gasteiger partial charge < -0.3 is 49.7 Å². The molecule has 3 aliphatic heterocycles. The molecule has 3 aromatic carbocycles. The van der Waals surface area contributed by atoms with Gasteiger partial charge in [-0.3, -0.25) is 9.59 Å². The van der Waals surface area contributed by atoms with Crippen LogP contribution in [0.4, 0.5) is 18.4 Å². The molecule has 8 rings (SSSR count). The second-order valence-electron chi connectivity index (χ2n) is 16.8. The van der Waals surface area contributed by atoms with Crippen molar-refractivity contribution in [1.29, 1.82) is 0 Å². The highest BCUT2D eigenvalue weighted by Gasteiger charge is 2.44. The van der Waals surface area contributed by atoms with Gasteiger partial charge >= 0.3 is 18.8 Å². The van der Waals surface area contributed by atoms with E-state index < -0.39 is 48.9 Å². The number of carboxylic acid groups (broad SMARTS) is 1. The zero-order valence-electron chi connectivity index (χ0n) is 35.2.